The molecule has 5 rings (SSSR count). The topological polar surface area (TPSA) is 153 Å². The van der Waals surface area contributed by atoms with Crippen molar-refractivity contribution in [3.63, 3.8) is 0 Å². The van der Waals surface area contributed by atoms with Crippen molar-refractivity contribution in [3.05, 3.63) is 47.1 Å². The number of ether oxygens (including phenoxy) is 3. The minimum atomic E-state index is -0.616. The van der Waals surface area contributed by atoms with E-state index in [0.717, 1.165) is 27.5 Å². The zero-order valence-electron chi connectivity index (χ0n) is 25.7. The van der Waals surface area contributed by atoms with Gasteiger partial charge in [0.2, 0.25) is 0 Å². The Balaban J connectivity index is 1.34. The van der Waals surface area contributed by atoms with Gasteiger partial charge >= 0.3 is 12.1 Å². The number of aromatic nitrogens is 6. The number of carbonyl (C=O) groups is 2. The van der Waals surface area contributed by atoms with Gasteiger partial charge in [-0.05, 0) is 81.6 Å². The zero-order valence-corrected chi connectivity index (χ0v) is 27.3. The van der Waals surface area contributed by atoms with Crippen LogP contribution in [0.25, 0.3) is 22.2 Å². The fraction of sp³-hybridized carbons (Fsp3) is 0.467. The molecule has 2 N–H and O–H groups in total. The van der Waals surface area contributed by atoms with E-state index < -0.39 is 11.0 Å². The smallest absolute Gasteiger partial charge is 0.410 e. The van der Waals surface area contributed by atoms with Crippen LogP contribution in [0.15, 0.2) is 41.4 Å². The predicted octanol–water partition coefficient (Wildman–Crippen LogP) is 5.34. The van der Waals surface area contributed by atoms with Crippen molar-refractivity contribution < 1.29 is 23.8 Å². The van der Waals surface area contributed by atoms with Crippen LogP contribution in [0.4, 0.5) is 10.6 Å². The van der Waals surface area contributed by atoms with E-state index in [1.165, 1.54) is 11.0 Å². The van der Waals surface area contributed by atoms with E-state index in [-0.39, 0.29) is 31.4 Å². The average molecular weight is 670 g/mol. The third kappa shape index (κ3) is 6.64. The summed E-state index contributed by atoms with van der Waals surface area (Å²) in [6, 6.07) is 7.56. The summed E-state index contributed by atoms with van der Waals surface area (Å²) in [5.74, 6) is 0.656. The van der Waals surface area contributed by atoms with E-state index >= 15 is 0 Å². The molecule has 3 aromatic heterocycles. The first-order valence-electron chi connectivity index (χ1n) is 14.3. The average Bonchev–Trinajstić information content (AvgIpc) is 3.67. The molecule has 13 nitrogen and oxygen atoms in total. The molecule has 0 saturated carbocycles. The lowest BCUT2D eigenvalue weighted by Gasteiger charge is -2.24. The molecule has 234 valence electrons. The van der Waals surface area contributed by atoms with E-state index in [9.17, 15) is 9.59 Å². The number of benzene rings is 1. The number of esters is 1. The van der Waals surface area contributed by atoms with Gasteiger partial charge in [0.1, 0.15) is 35.7 Å². The summed E-state index contributed by atoms with van der Waals surface area (Å²) >= 11 is 3.82. The fourth-order valence-corrected chi connectivity index (χ4v) is 5.77. The molecule has 1 atom stereocenters. The SMILES string of the molecule is CC(C)(C)OC(=O)N1CCC(n2c(Br)c(-c3ccc(OCc4cnnn4COC(=O)C(C)(C)C)cc3)c3c(N)ncnc32)C1. The number of fused-ring (bicyclic) bond motifs is 1. The number of rotatable bonds is 7. The number of amides is 1. The van der Waals surface area contributed by atoms with Crippen molar-refractivity contribution in [1.29, 1.82) is 0 Å². The number of nitrogens with zero attached hydrogens (tertiary/aromatic N) is 7. The van der Waals surface area contributed by atoms with Gasteiger partial charge in [-0.15, -0.1) is 5.10 Å². The lowest BCUT2D eigenvalue weighted by atomic mass is 9.98. The Kier molecular flexibility index (Phi) is 8.56. The van der Waals surface area contributed by atoms with Crippen molar-refractivity contribution in [2.45, 2.75) is 72.9 Å². The van der Waals surface area contributed by atoms with Gasteiger partial charge in [-0.2, -0.15) is 0 Å². The molecule has 44 heavy (non-hydrogen) atoms. The molecule has 1 amide bonds. The number of likely N-dealkylation sites (tertiary alicyclic amines) is 1. The second-order valence-electron chi connectivity index (χ2n) is 12.7. The molecule has 1 aliphatic heterocycles. The monoisotopic (exact) mass is 668 g/mol. The highest BCUT2D eigenvalue weighted by molar-refractivity contribution is 9.10. The van der Waals surface area contributed by atoms with Crippen LogP contribution in [0.3, 0.4) is 0 Å². The minimum Gasteiger partial charge on any atom is -0.487 e. The Morgan fingerprint density at radius 3 is 2.50 bits per heavy atom. The second-order valence-corrected chi connectivity index (χ2v) is 13.5. The van der Waals surface area contributed by atoms with E-state index in [1.807, 2.05) is 45.0 Å². The fourth-order valence-electron chi connectivity index (χ4n) is 4.88. The van der Waals surface area contributed by atoms with Crippen LogP contribution in [0.1, 0.15) is 59.7 Å². The van der Waals surface area contributed by atoms with Gasteiger partial charge in [0, 0.05) is 18.7 Å². The number of nitrogens with two attached hydrogens (primary N) is 1. The normalized spacial score (nSPS) is 15.5. The van der Waals surface area contributed by atoms with Gasteiger partial charge in [0.05, 0.1) is 33.3 Å². The summed E-state index contributed by atoms with van der Waals surface area (Å²) in [5.41, 5.74) is 8.28. The molecular weight excluding hydrogens is 632 g/mol. The Hall–Kier alpha value is -4.20. The summed E-state index contributed by atoms with van der Waals surface area (Å²) < 4.78 is 21.3. The predicted molar refractivity (Wildman–Crippen MR) is 166 cm³/mol. The first kappa shape index (κ1) is 31.2. The molecule has 0 aliphatic carbocycles. The summed E-state index contributed by atoms with van der Waals surface area (Å²) in [6.07, 6.45) is 3.42. The van der Waals surface area contributed by atoms with Gasteiger partial charge in [-0.3, -0.25) is 4.79 Å². The number of nitrogen functional groups attached to an aromatic ring is 1. The van der Waals surface area contributed by atoms with E-state index in [0.29, 0.717) is 36.0 Å². The number of anilines is 1. The Morgan fingerprint density at radius 2 is 1.82 bits per heavy atom. The molecule has 0 bridgehead atoms. The summed E-state index contributed by atoms with van der Waals surface area (Å²) in [4.78, 5) is 35.4. The second kappa shape index (κ2) is 12.1. The molecule has 4 aromatic rings. The maximum Gasteiger partial charge on any atom is 0.410 e. The molecular formula is C30H37BrN8O5. The highest BCUT2D eigenvalue weighted by atomic mass is 79.9. The molecule has 1 unspecified atom stereocenters. The van der Waals surface area contributed by atoms with E-state index in [4.69, 9.17) is 19.9 Å². The highest BCUT2D eigenvalue weighted by Gasteiger charge is 2.34. The van der Waals surface area contributed by atoms with Crippen LogP contribution >= 0.6 is 15.9 Å². The highest BCUT2D eigenvalue weighted by Crippen LogP contribution is 2.43. The summed E-state index contributed by atoms with van der Waals surface area (Å²) in [7, 11) is 0. The van der Waals surface area contributed by atoms with Gasteiger partial charge in [0.25, 0.3) is 0 Å². The van der Waals surface area contributed by atoms with Crippen molar-refractivity contribution in [1.82, 2.24) is 34.4 Å². The van der Waals surface area contributed by atoms with Gasteiger partial charge in [0.15, 0.2) is 6.73 Å². The van der Waals surface area contributed by atoms with E-state index in [2.05, 4.69) is 40.8 Å². The molecule has 1 saturated heterocycles. The van der Waals surface area contributed by atoms with Crippen LogP contribution < -0.4 is 10.5 Å². The third-order valence-corrected chi connectivity index (χ3v) is 7.87. The van der Waals surface area contributed by atoms with Crippen molar-refractivity contribution in [3.8, 4) is 16.9 Å². The van der Waals surface area contributed by atoms with Crippen molar-refractivity contribution in [2.24, 2.45) is 5.41 Å². The Labute approximate surface area is 263 Å². The van der Waals surface area contributed by atoms with Gasteiger partial charge < -0.3 is 29.4 Å². The van der Waals surface area contributed by atoms with Gasteiger partial charge in [-0.1, -0.05) is 17.3 Å². The summed E-state index contributed by atoms with van der Waals surface area (Å²) in [5, 5.41) is 8.64. The van der Waals surface area contributed by atoms with Crippen LogP contribution in [0, 0.1) is 5.41 Å². The van der Waals surface area contributed by atoms with Crippen LogP contribution in [-0.4, -0.2) is 65.2 Å². The molecule has 1 aliphatic rings. The summed E-state index contributed by atoms with van der Waals surface area (Å²) in [6.45, 7) is 12.1. The number of halogens is 1. The number of carbonyl (C=O) groups excluding carboxylic acids is 2. The largest absolute Gasteiger partial charge is 0.487 e. The maximum absolute atomic E-state index is 12.7. The van der Waals surface area contributed by atoms with E-state index in [1.54, 1.807) is 31.9 Å². The lowest BCUT2D eigenvalue weighted by molar-refractivity contribution is -0.157. The Morgan fingerprint density at radius 1 is 1.09 bits per heavy atom. The Bertz CT molecular complexity index is 1670. The van der Waals surface area contributed by atoms with Crippen LogP contribution in [-0.2, 0) is 27.6 Å². The maximum atomic E-state index is 12.7. The van der Waals surface area contributed by atoms with Crippen molar-refractivity contribution >= 4 is 44.8 Å². The molecule has 1 fully saturated rings. The standard InChI is InChI=1S/C30H37BrN8O5/c1-29(2,3)27(40)43-17-38-20(13-35-36-38)15-42-21-9-7-18(8-10-21)22-23-25(32)33-16-34-26(23)39(24(22)31)19-11-12-37(14-19)28(41)44-30(4,5)6/h7-10,13,16,19H,11-12,14-15,17H2,1-6H3,(H2,32,33,34). The molecule has 14 heteroatoms. The first-order chi connectivity index (χ1) is 20.7. The molecule has 4 heterocycles. The lowest BCUT2D eigenvalue weighted by Crippen LogP contribution is -2.35. The molecule has 0 radical (unpaired) electrons. The number of hydrogen-bond acceptors (Lipinski definition) is 10. The zero-order chi connectivity index (χ0) is 31.8. The van der Waals surface area contributed by atoms with Crippen molar-refractivity contribution in [2.75, 3.05) is 18.8 Å². The third-order valence-electron chi connectivity index (χ3n) is 7.09. The van der Waals surface area contributed by atoms with Crippen LogP contribution in [0.5, 0.6) is 5.75 Å². The first-order valence-corrected chi connectivity index (χ1v) is 15.1. The molecule has 0 spiro atoms. The van der Waals surface area contributed by atoms with Gasteiger partial charge in [-0.25, -0.2) is 19.4 Å². The quantitative estimate of drug-likeness (QED) is 0.255. The van der Waals surface area contributed by atoms with Crippen LogP contribution in [0.2, 0.25) is 0 Å². The molecule has 1 aromatic carbocycles. The number of hydrogen-bond donors (Lipinski definition) is 1. The minimum absolute atomic E-state index is 0.0359.